The normalized spacial score (nSPS) is 11.0. The summed E-state index contributed by atoms with van der Waals surface area (Å²) < 4.78 is 0. The predicted octanol–water partition coefficient (Wildman–Crippen LogP) is 5.52. The molecule has 3 heterocycles. The minimum Gasteiger partial charge on any atom is -0.366 e. The van der Waals surface area contributed by atoms with Crippen LogP contribution in [0, 0.1) is 6.92 Å². The average Bonchev–Trinajstić information content (AvgIpc) is 3.45. The minimum atomic E-state index is -0.616. The van der Waals surface area contributed by atoms with E-state index in [9.17, 15) is 14.4 Å². The van der Waals surface area contributed by atoms with Crippen LogP contribution in [-0.2, 0) is 4.79 Å². The molecule has 0 aliphatic rings. The summed E-state index contributed by atoms with van der Waals surface area (Å²) in [7, 11) is 0. The van der Waals surface area contributed by atoms with Crippen molar-refractivity contribution in [2.45, 2.75) is 12.1 Å². The molecule has 2 aromatic carbocycles. The molecule has 0 unspecified atom stereocenters. The van der Waals surface area contributed by atoms with Gasteiger partial charge >= 0.3 is 0 Å². The SMILES string of the molecule is Cc1sc2nc(SCC(=O)Nc3sc(-c4ccccc4)cc3C(N)=O)[nH]c(=O)c2c1-c1ccccc1. The zero-order chi connectivity index (χ0) is 25.2. The lowest BCUT2D eigenvalue weighted by Gasteiger charge is -2.05. The number of carbonyl (C=O) groups is 2. The number of benzene rings is 2. The first kappa shape index (κ1) is 24.0. The van der Waals surface area contributed by atoms with Crippen molar-refractivity contribution >= 4 is 61.5 Å². The molecule has 0 spiro atoms. The number of aromatic amines is 1. The Labute approximate surface area is 218 Å². The Balaban J connectivity index is 1.34. The van der Waals surface area contributed by atoms with E-state index in [0.29, 0.717) is 20.4 Å². The summed E-state index contributed by atoms with van der Waals surface area (Å²) in [5, 5.41) is 4.08. The van der Waals surface area contributed by atoms with E-state index in [4.69, 9.17) is 5.73 Å². The van der Waals surface area contributed by atoms with E-state index in [-0.39, 0.29) is 22.8 Å². The van der Waals surface area contributed by atoms with Gasteiger partial charge < -0.3 is 16.0 Å². The quantitative estimate of drug-likeness (QED) is 0.188. The molecule has 180 valence electrons. The number of aromatic nitrogens is 2. The maximum atomic E-state index is 12.9. The van der Waals surface area contributed by atoms with Gasteiger partial charge in [0.1, 0.15) is 9.83 Å². The smallest absolute Gasteiger partial charge is 0.260 e. The summed E-state index contributed by atoms with van der Waals surface area (Å²) in [4.78, 5) is 47.4. The zero-order valence-electron chi connectivity index (χ0n) is 19.0. The number of nitrogens with one attached hydrogen (secondary N) is 2. The molecular formula is C26H20N4O3S3. The topological polar surface area (TPSA) is 118 Å². The first-order valence-electron chi connectivity index (χ1n) is 10.9. The third-order valence-electron chi connectivity index (χ3n) is 5.43. The van der Waals surface area contributed by atoms with Gasteiger partial charge in [-0.2, -0.15) is 0 Å². The van der Waals surface area contributed by atoms with Crippen LogP contribution in [0.5, 0.6) is 0 Å². The van der Waals surface area contributed by atoms with Crippen molar-refractivity contribution < 1.29 is 9.59 Å². The van der Waals surface area contributed by atoms with Gasteiger partial charge in [-0.25, -0.2) is 4.98 Å². The molecule has 0 saturated carbocycles. The lowest BCUT2D eigenvalue weighted by molar-refractivity contribution is -0.113. The zero-order valence-corrected chi connectivity index (χ0v) is 21.5. The number of nitrogens with zero attached hydrogens (tertiary/aromatic N) is 1. The fraction of sp³-hybridized carbons (Fsp3) is 0.0769. The number of carbonyl (C=O) groups excluding carboxylic acids is 2. The molecule has 0 aliphatic carbocycles. The monoisotopic (exact) mass is 532 g/mol. The third kappa shape index (κ3) is 4.83. The molecular weight excluding hydrogens is 513 g/mol. The number of anilines is 1. The van der Waals surface area contributed by atoms with Crippen molar-refractivity contribution in [3.05, 3.63) is 87.5 Å². The number of rotatable bonds is 7. The highest BCUT2D eigenvalue weighted by Gasteiger charge is 2.19. The van der Waals surface area contributed by atoms with E-state index in [1.54, 1.807) is 6.07 Å². The molecule has 5 rings (SSSR count). The molecule has 0 fully saturated rings. The third-order valence-corrected chi connectivity index (χ3v) is 8.40. The van der Waals surface area contributed by atoms with Crippen LogP contribution in [-0.4, -0.2) is 27.5 Å². The number of nitrogens with two attached hydrogens (primary N) is 1. The maximum Gasteiger partial charge on any atom is 0.260 e. The Hall–Kier alpha value is -3.73. The summed E-state index contributed by atoms with van der Waals surface area (Å²) in [5.41, 5.74) is 8.32. The average molecular weight is 533 g/mol. The molecule has 0 atom stereocenters. The van der Waals surface area contributed by atoms with Gasteiger partial charge in [0.05, 0.1) is 16.7 Å². The van der Waals surface area contributed by atoms with Crippen LogP contribution >= 0.6 is 34.4 Å². The van der Waals surface area contributed by atoms with Crippen molar-refractivity contribution in [1.82, 2.24) is 9.97 Å². The highest BCUT2D eigenvalue weighted by Crippen LogP contribution is 2.37. The molecule has 0 saturated heterocycles. The number of hydrogen-bond donors (Lipinski definition) is 3. The van der Waals surface area contributed by atoms with Gasteiger partial charge in [-0.15, -0.1) is 22.7 Å². The molecule has 0 aliphatic heterocycles. The van der Waals surface area contributed by atoms with Gasteiger partial charge in [0, 0.05) is 15.3 Å². The van der Waals surface area contributed by atoms with Gasteiger partial charge in [-0.3, -0.25) is 14.4 Å². The number of thiophene rings is 2. The first-order chi connectivity index (χ1) is 17.4. The van der Waals surface area contributed by atoms with Crippen LogP contribution < -0.4 is 16.6 Å². The molecule has 0 radical (unpaired) electrons. The highest BCUT2D eigenvalue weighted by molar-refractivity contribution is 7.99. The molecule has 2 amide bonds. The lowest BCUT2D eigenvalue weighted by atomic mass is 10.0. The highest BCUT2D eigenvalue weighted by atomic mass is 32.2. The molecule has 7 nitrogen and oxygen atoms in total. The van der Waals surface area contributed by atoms with Crippen LogP contribution in [0.2, 0.25) is 0 Å². The van der Waals surface area contributed by atoms with Crippen molar-refractivity contribution in [3.63, 3.8) is 0 Å². The van der Waals surface area contributed by atoms with E-state index < -0.39 is 5.91 Å². The number of fused-ring (bicyclic) bond motifs is 1. The Bertz CT molecular complexity index is 1640. The Morgan fingerprint density at radius 2 is 1.69 bits per heavy atom. The van der Waals surface area contributed by atoms with E-state index in [2.05, 4.69) is 15.3 Å². The second kappa shape index (κ2) is 10.1. The summed E-state index contributed by atoms with van der Waals surface area (Å²) in [6.07, 6.45) is 0. The van der Waals surface area contributed by atoms with Crippen molar-refractivity contribution in [3.8, 4) is 21.6 Å². The molecule has 4 N–H and O–H groups in total. The van der Waals surface area contributed by atoms with Crippen LogP contribution in [0.1, 0.15) is 15.2 Å². The van der Waals surface area contributed by atoms with Gasteiger partial charge in [0.25, 0.3) is 11.5 Å². The van der Waals surface area contributed by atoms with Crippen LogP contribution in [0.3, 0.4) is 0 Å². The van der Waals surface area contributed by atoms with E-state index in [1.807, 2.05) is 67.6 Å². The Kier molecular flexibility index (Phi) is 6.73. The van der Waals surface area contributed by atoms with E-state index in [0.717, 1.165) is 38.2 Å². The number of aryl methyl sites for hydroxylation is 1. The van der Waals surface area contributed by atoms with Gasteiger partial charge in [0.15, 0.2) is 5.16 Å². The summed E-state index contributed by atoms with van der Waals surface area (Å²) in [5.74, 6) is -0.949. The van der Waals surface area contributed by atoms with E-state index in [1.165, 1.54) is 22.7 Å². The minimum absolute atomic E-state index is 0.00111. The fourth-order valence-corrected chi connectivity index (χ4v) is 6.68. The Morgan fingerprint density at radius 3 is 2.36 bits per heavy atom. The number of hydrogen-bond acceptors (Lipinski definition) is 7. The summed E-state index contributed by atoms with van der Waals surface area (Å²) in [6, 6.07) is 21.0. The number of H-pyrrole nitrogens is 1. The molecule has 5 aromatic rings. The second-order valence-corrected chi connectivity index (χ2v) is 11.1. The summed E-state index contributed by atoms with van der Waals surface area (Å²) in [6.45, 7) is 1.97. The second-order valence-electron chi connectivity index (χ2n) is 7.87. The number of amides is 2. The van der Waals surface area contributed by atoms with Gasteiger partial charge in [-0.1, -0.05) is 72.4 Å². The maximum absolute atomic E-state index is 12.9. The standard InChI is InChI=1S/C26H20N4O3S3/c1-14-20(16-10-6-3-7-11-16)21-23(33)29-26(30-25(21)35-14)34-13-19(31)28-24-17(22(27)32)12-18(36-24)15-8-4-2-5-9-15/h2-12H,13H2,1H3,(H2,27,32)(H,28,31)(H,29,30,33). The number of primary amides is 1. The van der Waals surface area contributed by atoms with Crippen LogP contribution in [0.4, 0.5) is 5.00 Å². The lowest BCUT2D eigenvalue weighted by Crippen LogP contribution is -2.18. The predicted molar refractivity (Wildman–Crippen MR) is 148 cm³/mol. The molecule has 36 heavy (non-hydrogen) atoms. The number of thioether (sulfide) groups is 1. The van der Waals surface area contributed by atoms with Crippen molar-refractivity contribution in [2.75, 3.05) is 11.1 Å². The van der Waals surface area contributed by atoms with E-state index >= 15 is 0 Å². The largest absolute Gasteiger partial charge is 0.366 e. The van der Waals surface area contributed by atoms with Crippen molar-refractivity contribution in [2.24, 2.45) is 5.73 Å². The molecule has 0 bridgehead atoms. The molecule has 10 heteroatoms. The summed E-state index contributed by atoms with van der Waals surface area (Å²) >= 11 is 3.86. The molecule has 3 aromatic heterocycles. The van der Waals surface area contributed by atoms with Crippen molar-refractivity contribution in [1.29, 1.82) is 0 Å². The van der Waals surface area contributed by atoms with Gasteiger partial charge in [0.2, 0.25) is 5.91 Å². The van der Waals surface area contributed by atoms with Crippen LogP contribution in [0.25, 0.3) is 31.8 Å². The fourth-order valence-electron chi connectivity index (χ4n) is 3.83. The first-order valence-corrected chi connectivity index (χ1v) is 13.5. The van der Waals surface area contributed by atoms with Gasteiger partial charge in [-0.05, 0) is 24.1 Å². The Morgan fingerprint density at radius 1 is 1.03 bits per heavy atom. The van der Waals surface area contributed by atoms with Crippen LogP contribution in [0.15, 0.2) is 76.7 Å².